The van der Waals surface area contributed by atoms with Gasteiger partial charge in [-0.15, -0.1) is 0 Å². The van der Waals surface area contributed by atoms with Crippen LogP contribution in [-0.4, -0.2) is 33.4 Å². The average molecular weight is 238 g/mol. The average Bonchev–Trinajstić information content (AvgIpc) is 2.38. The molecule has 0 aliphatic carbocycles. The van der Waals surface area contributed by atoms with Crippen LogP contribution in [0, 0.1) is 5.82 Å². The molecule has 0 spiro atoms. The Hall–Kier alpha value is -1.29. The fourth-order valence-electron chi connectivity index (χ4n) is 2.27. The molecule has 3 nitrogen and oxygen atoms in total. The molecule has 1 aromatic rings. The van der Waals surface area contributed by atoms with E-state index in [9.17, 15) is 4.39 Å². The predicted octanol–water partition coefficient (Wildman–Crippen LogP) is 2.48. The third-order valence-electron chi connectivity index (χ3n) is 3.29. The van der Waals surface area contributed by atoms with E-state index in [1.54, 1.807) is 14.2 Å². The van der Waals surface area contributed by atoms with Gasteiger partial charge < -0.3 is 15.0 Å². The van der Waals surface area contributed by atoms with Gasteiger partial charge in [0.1, 0.15) is 5.82 Å². The summed E-state index contributed by atoms with van der Waals surface area (Å²) in [6.45, 7) is 1.67. The second-order valence-electron chi connectivity index (χ2n) is 4.36. The highest BCUT2D eigenvalue weighted by molar-refractivity contribution is 5.56. The van der Waals surface area contributed by atoms with Crippen molar-refractivity contribution in [2.45, 2.75) is 18.9 Å². The first-order chi connectivity index (χ1) is 8.24. The van der Waals surface area contributed by atoms with E-state index in [4.69, 9.17) is 4.74 Å². The second-order valence-corrected chi connectivity index (χ2v) is 4.36. The number of nitrogens with zero attached hydrogens (tertiary/aromatic N) is 1. The van der Waals surface area contributed by atoms with Crippen molar-refractivity contribution in [2.75, 3.05) is 37.5 Å². The molecule has 0 radical (unpaired) electrons. The highest BCUT2D eigenvalue weighted by Gasteiger charge is 2.21. The van der Waals surface area contributed by atoms with Crippen LogP contribution < -0.4 is 10.2 Å². The topological polar surface area (TPSA) is 24.5 Å². The number of halogens is 1. The highest BCUT2D eigenvalue weighted by Crippen LogP contribution is 2.26. The van der Waals surface area contributed by atoms with E-state index in [0.29, 0.717) is 5.69 Å². The van der Waals surface area contributed by atoms with E-state index >= 15 is 0 Å². The molecule has 17 heavy (non-hydrogen) atoms. The summed E-state index contributed by atoms with van der Waals surface area (Å²) in [5, 5.41) is 2.93. The summed E-state index contributed by atoms with van der Waals surface area (Å²) in [6, 6.07) is 5.26. The summed E-state index contributed by atoms with van der Waals surface area (Å²) in [5.41, 5.74) is 1.47. The smallest absolute Gasteiger partial charge is 0.148 e. The number of anilines is 2. The van der Waals surface area contributed by atoms with Crippen LogP contribution in [0.2, 0.25) is 0 Å². The fourth-order valence-corrected chi connectivity index (χ4v) is 2.27. The number of methoxy groups -OCH3 is 1. The van der Waals surface area contributed by atoms with Crippen molar-refractivity contribution < 1.29 is 9.13 Å². The highest BCUT2D eigenvalue weighted by atomic mass is 19.1. The van der Waals surface area contributed by atoms with Crippen LogP contribution in [0.4, 0.5) is 15.8 Å². The van der Waals surface area contributed by atoms with Crippen LogP contribution in [0.3, 0.4) is 0 Å². The van der Waals surface area contributed by atoms with Crippen molar-refractivity contribution >= 4 is 11.4 Å². The van der Waals surface area contributed by atoms with E-state index in [1.807, 2.05) is 12.1 Å². The van der Waals surface area contributed by atoms with Crippen molar-refractivity contribution in [1.82, 2.24) is 0 Å². The Balaban J connectivity index is 2.16. The van der Waals surface area contributed by atoms with Crippen LogP contribution in [0.5, 0.6) is 0 Å². The van der Waals surface area contributed by atoms with Crippen molar-refractivity contribution in [3.8, 4) is 0 Å². The summed E-state index contributed by atoms with van der Waals surface area (Å²) < 4.78 is 19.3. The lowest BCUT2D eigenvalue weighted by atomic mass is 10.1. The molecule has 1 saturated heterocycles. The van der Waals surface area contributed by atoms with Gasteiger partial charge in [0.05, 0.1) is 11.8 Å². The quantitative estimate of drug-likeness (QED) is 0.875. The van der Waals surface area contributed by atoms with Gasteiger partial charge >= 0.3 is 0 Å². The zero-order valence-electron chi connectivity index (χ0n) is 10.4. The number of piperidine rings is 1. The first-order valence-corrected chi connectivity index (χ1v) is 5.99. The maximum Gasteiger partial charge on any atom is 0.148 e. The number of hydrogen-bond acceptors (Lipinski definition) is 3. The summed E-state index contributed by atoms with van der Waals surface area (Å²) in [5.74, 6) is -0.173. The number of benzene rings is 1. The van der Waals surface area contributed by atoms with Gasteiger partial charge in [-0.3, -0.25) is 0 Å². The molecule has 94 valence electrons. The molecule has 0 saturated carbocycles. The van der Waals surface area contributed by atoms with E-state index in [-0.39, 0.29) is 11.9 Å². The van der Waals surface area contributed by atoms with Crippen molar-refractivity contribution in [3.05, 3.63) is 24.0 Å². The predicted molar refractivity (Wildman–Crippen MR) is 68.2 cm³/mol. The Bertz CT molecular complexity index is 384. The Morgan fingerprint density at radius 1 is 1.47 bits per heavy atom. The van der Waals surface area contributed by atoms with Crippen LogP contribution in [0.25, 0.3) is 0 Å². The lowest BCUT2D eigenvalue weighted by Gasteiger charge is -2.33. The molecule has 1 atom stereocenters. The van der Waals surface area contributed by atoms with Gasteiger partial charge in [-0.05, 0) is 31.0 Å². The van der Waals surface area contributed by atoms with Gasteiger partial charge in [0.2, 0.25) is 0 Å². The van der Waals surface area contributed by atoms with Gasteiger partial charge in [0, 0.05) is 32.9 Å². The SMILES string of the molecule is CNc1ccc(N2CCCC(OC)C2)c(F)c1. The Morgan fingerprint density at radius 3 is 2.94 bits per heavy atom. The molecule has 1 aromatic carbocycles. The standard InChI is InChI=1S/C13H19FN2O/c1-15-10-5-6-13(12(14)8-10)16-7-3-4-11(9-16)17-2/h5-6,8,11,15H,3-4,7,9H2,1-2H3. The number of rotatable bonds is 3. The molecule has 4 heteroatoms. The van der Waals surface area contributed by atoms with E-state index in [0.717, 1.165) is 31.6 Å². The molecule has 1 unspecified atom stereocenters. The molecular weight excluding hydrogens is 219 g/mol. The van der Waals surface area contributed by atoms with Crippen molar-refractivity contribution in [1.29, 1.82) is 0 Å². The first-order valence-electron chi connectivity index (χ1n) is 5.99. The molecule has 1 aliphatic rings. The van der Waals surface area contributed by atoms with Crippen LogP contribution in [-0.2, 0) is 4.74 Å². The molecule has 0 bridgehead atoms. The first kappa shape index (κ1) is 12.2. The van der Waals surface area contributed by atoms with E-state index in [2.05, 4.69) is 10.2 Å². The summed E-state index contributed by atoms with van der Waals surface area (Å²) in [4.78, 5) is 2.06. The van der Waals surface area contributed by atoms with Gasteiger partial charge in [-0.2, -0.15) is 0 Å². The maximum atomic E-state index is 13.9. The Morgan fingerprint density at radius 2 is 2.29 bits per heavy atom. The molecule has 1 heterocycles. The zero-order chi connectivity index (χ0) is 12.3. The Labute approximate surface area is 102 Å². The molecular formula is C13H19FN2O. The molecule has 1 fully saturated rings. The monoisotopic (exact) mass is 238 g/mol. The van der Waals surface area contributed by atoms with E-state index in [1.165, 1.54) is 6.07 Å². The molecule has 0 aromatic heterocycles. The van der Waals surface area contributed by atoms with Crippen molar-refractivity contribution in [2.24, 2.45) is 0 Å². The van der Waals surface area contributed by atoms with Gasteiger partial charge in [0.25, 0.3) is 0 Å². The van der Waals surface area contributed by atoms with Crippen LogP contribution in [0.15, 0.2) is 18.2 Å². The third kappa shape index (κ3) is 2.69. The van der Waals surface area contributed by atoms with Gasteiger partial charge in [-0.1, -0.05) is 0 Å². The van der Waals surface area contributed by atoms with Crippen LogP contribution >= 0.6 is 0 Å². The largest absolute Gasteiger partial charge is 0.388 e. The normalized spacial score (nSPS) is 20.4. The fraction of sp³-hybridized carbons (Fsp3) is 0.538. The number of hydrogen-bond donors (Lipinski definition) is 1. The van der Waals surface area contributed by atoms with E-state index < -0.39 is 0 Å². The van der Waals surface area contributed by atoms with Gasteiger partial charge in [0.15, 0.2) is 0 Å². The molecule has 1 aliphatic heterocycles. The molecule has 0 amide bonds. The second kappa shape index (κ2) is 5.36. The minimum atomic E-state index is -0.173. The lowest BCUT2D eigenvalue weighted by molar-refractivity contribution is 0.0892. The van der Waals surface area contributed by atoms with Gasteiger partial charge in [-0.25, -0.2) is 4.39 Å². The molecule has 2 rings (SSSR count). The zero-order valence-corrected chi connectivity index (χ0v) is 10.4. The maximum absolute atomic E-state index is 13.9. The number of ether oxygens (including phenoxy) is 1. The molecule has 1 N–H and O–H groups in total. The summed E-state index contributed by atoms with van der Waals surface area (Å²) >= 11 is 0. The minimum Gasteiger partial charge on any atom is -0.388 e. The summed E-state index contributed by atoms with van der Waals surface area (Å²) in [6.07, 6.45) is 2.32. The van der Waals surface area contributed by atoms with Crippen LogP contribution in [0.1, 0.15) is 12.8 Å². The lowest BCUT2D eigenvalue weighted by Crippen LogP contribution is -2.39. The number of nitrogens with one attached hydrogen (secondary N) is 1. The minimum absolute atomic E-state index is 0.173. The van der Waals surface area contributed by atoms with Crippen molar-refractivity contribution in [3.63, 3.8) is 0 Å². The summed E-state index contributed by atoms with van der Waals surface area (Å²) in [7, 11) is 3.50. The third-order valence-corrected chi connectivity index (χ3v) is 3.29. The Kier molecular flexibility index (Phi) is 3.84.